The maximum absolute atomic E-state index is 11.5. The molecular formula is C10H19NO3. The van der Waals surface area contributed by atoms with Crippen molar-refractivity contribution in [3.63, 3.8) is 0 Å². The zero-order valence-corrected chi connectivity index (χ0v) is 8.99. The molecule has 0 aromatic carbocycles. The summed E-state index contributed by atoms with van der Waals surface area (Å²) >= 11 is 0. The third-order valence-corrected chi connectivity index (χ3v) is 2.47. The highest BCUT2D eigenvalue weighted by atomic mass is 16.5. The Morgan fingerprint density at radius 3 is 3.00 bits per heavy atom. The number of ether oxygens (including phenoxy) is 2. The molecule has 0 radical (unpaired) electrons. The Morgan fingerprint density at radius 2 is 2.36 bits per heavy atom. The van der Waals surface area contributed by atoms with Gasteiger partial charge in [0.2, 0.25) is 5.91 Å². The monoisotopic (exact) mass is 201 g/mol. The Balaban J connectivity index is 2.23. The van der Waals surface area contributed by atoms with Crippen LogP contribution in [0.5, 0.6) is 0 Å². The Bertz CT molecular complexity index is 184. The van der Waals surface area contributed by atoms with E-state index >= 15 is 0 Å². The maximum atomic E-state index is 11.5. The number of carbonyl (C=O) groups excluding carboxylic acids is 1. The summed E-state index contributed by atoms with van der Waals surface area (Å²) in [5.41, 5.74) is 0. The first kappa shape index (κ1) is 11.5. The molecule has 0 aromatic rings. The second-order valence-electron chi connectivity index (χ2n) is 3.59. The van der Waals surface area contributed by atoms with E-state index in [0.29, 0.717) is 12.5 Å². The molecule has 1 saturated heterocycles. The van der Waals surface area contributed by atoms with E-state index in [2.05, 4.69) is 0 Å². The standard InChI is InChI=1S/C10H19NO3/c1-3-14-8-10(12)11-5-4-9(6-11)7-13-2/h9H,3-8H2,1-2H3. The summed E-state index contributed by atoms with van der Waals surface area (Å²) in [7, 11) is 1.70. The first-order valence-electron chi connectivity index (χ1n) is 5.12. The zero-order chi connectivity index (χ0) is 10.4. The predicted molar refractivity (Wildman–Crippen MR) is 53.1 cm³/mol. The summed E-state index contributed by atoms with van der Waals surface area (Å²) in [6.45, 7) is 5.13. The molecule has 0 aromatic heterocycles. The molecule has 0 spiro atoms. The lowest BCUT2D eigenvalue weighted by atomic mass is 10.1. The van der Waals surface area contributed by atoms with Crippen molar-refractivity contribution in [2.75, 3.05) is 40.0 Å². The molecule has 0 bridgehead atoms. The number of likely N-dealkylation sites (tertiary alicyclic amines) is 1. The van der Waals surface area contributed by atoms with Crippen LogP contribution in [0.25, 0.3) is 0 Å². The second kappa shape index (κ2) is 5.98. The summed E-state index contributed by atoms with van der Waals surface area (Å²) in [6.07, 6.45) is 1.05. The molecule has 1 aliphatic heterocycles. The van der Waals surface area contributed by atoms with E-state index < -0.39 is 0 Å². The van der Waals surface area contributed by atoms with Gasteiger partial charge in [-0.15, -0.1) is 0 Å². The Kier molecular flexibility index (Phi) is 4.90. The summed E-state index contributed by atoms with van der Waals surface area (Å²) in [4.78, 5) is 13.4. The van der Waals surface area contributed by atoms with Crippen LogP contribution in [0.2, 0.25) is 0 Å². The molecule has 4 nitrogen and oxygen atoms in total. The number of hydrogen-bond donors (Lipinski definition) is 0. The first-order valence-corrected chi connectivity index (χ1v) is 5.12. The van der Waals surface area contributed by atoms with Crippen molar-refractivity contribution in [3.05, 3.63) is 0 Å². The second-order valence-corrected chi connectivity index (χ2v) is 3.59. The van der Waals surface area contributed by atoms with Crippen molar-refractivity contribution in [2.24, 2.45) is 5.92 Å². The number of nitrogens with zero attached hydrogens (tertiary/aromatic N) is 1. The van der Waals surface area contributed by atoms with E-state index in [-0.39, 0.29) is 12.5 Å². The Hall–Kier alpha value is -0.610. The topological polar surface area (TPSA) is 38.8 Å². The Morgan fingerprint density at radius 1 is 1.57 bits per heavy atom. The van der Waals surface area contributed by atoms with Crippen LogP contribution in [-0.2, 0) is 14.3 Å². The van der Waals surface area contributed by atoms with Crippen LogP contribution >= 0.6 is 0 Å². The zero-order valence-electron chi connectivity index (χ0n) is 8.99. The van der Waals surface area contributed by atoms with E-state index in [9.17, 15) is 4.79 Å². The molecule has 1 atom stereocenters. The minimum Gasteiger partial charge on any atom is -0.384 e. The van der Waals surface area contributed by atoms with Crippen LogP contribution < -0.4 is 0 Å². The molecule has 1 amide bonds. The fraction of sp³-hybridized carbons (Fsp3) is 0.900. The van der Waals surface area contributed by atoms with Gasteiger partial charge in [0.1, 0.15) is 6.61 Å². The molecule has 82 valence electrons. The summed E-state index contributed by atoms with van der Waals surface area (Å²) in [5.74, 6) is 0.607. The molecule has 1 unspecified atom stereocenters. The van der Waals surface area contributed by atoms with Gasteiger partial charge in [0, 0.05) is 32.7 Å². The van der Waals surface area contributed by atoms with Gasteiger partial charge >= 0.3 is 0 Å². The van der Waals surface area contributed by atoms with Gasteiger partial charge in [0.15, 0.2) is 0 Å². The van der Waals surface area contributed by atoms with Gasteiger partial charge in [-0.2, -0.15) is 0 Å². The predicted octanol–water partition coefficient (Wildman–Crippen LogP) is 0.518. The number of rotatable bonds is 5. The van der Waals surface area contributed by atoms with Crippen molar-refractivity contribution in [1.82, 2.24) is 4.90 Å². The molecule has 1 heterocycles. The minimum atomic E-state index is 0.102. The van der Waals surface area contributed by atoms with E-state index in [4.69, 9.17) is 9.47 Å². The molecule has 1 fully saturated rings. The third kappa shape index (κ3) is 3.27. The van der Waals surface area contributed by atoms with Crippen LogP contribution in [-0.4, -0.2) is 50.8 Å². The van der Waals surface area contributed by atoms with Crippen molar-refractivity contribution < 1.29 is 14.3 Å². The highest BCUT2D eigenvalue weighted by molar-refractivity contribution is 5.77. The average molecular weight is 201 g/mol. The van der Waals surface area contributed by atoms with Crippen molar-refractivity contribution in [3.8, 4) is 0 Å². The van der Waals surface area contributed by atoms with Crippen LogP contribution in [0.3, 0.4) is 0 Å². The highest BCUT2D eigenvalue weighted by Crippen LogP contribution is 2.16. The quantitative estimate of drug-likeness (QED) is 0.651. The van der Waals surface area contributed by atoms with Gasteiger partial charge < -0.3 is 14.4 Å². The van der Waals surface area contributed by atoms with Crippen molar-refractivity contribution in [2.45, 2.75) is 13.3 Å². The molecule has 4 heteroatoms. The van der Waals surface area contributed by atoms with Crippen LogP contribution in [0.1, 0.15) is 13.3 Å². The van der Waals surface area contributed by atoms with E-state index in [1.165, 1.54) is 0 Å². The molecular weight excluding hydrogens is 182 g/mol. The number of amides is 1. The fourth-order valence-corrected chi connectivity index (χ4v) is 1.71. The molecule has 0 saturated carbocycles. The van der Waals surface area contributed by atoms with Gasteiger partial charge in [-0.05, 0) is 13.3 Å². The van der Waals surface area contributed by atoms with Gasteiger partial charge in [-0.1, -0.05) is 0 Å². The smallest absolute Gasteiger partial charge is 0.248 e. The highest BCUT2D eigenvalue weighted by Gasteiger charge is 2.25. The number of carbonyl (C=O) groups is 1. The fourth-order valence-electron chi connectivity index (χ4n) is 1.71. The van der Waals surface area contributed by atoms with Gasteiger partial charge in [0.05, 0.1) is 6.61 Å². The number of methoxy groups -OCH3 is 1. The van der Waals surface area contributed by atoms with Crippen molar-refractivity contribution in [1.29, 1.82) is 0 Å². The van der Waals surface area contributed by atoms with Crippen LogP contribution in [0.15, 0.2) is 0 Å². The lowest BCUT2D eigenvalue weighted by Crippen LogP contribution is -2.32. The SMILES string of the molecule is CCOCC(=O)N1CCC(COC)C1. The summed E-state index contributed by atoms with van der Waals surface area (Å²) in [5, 5.41) is 0. The van der Waals surface area contributed by atoms with E-state index in [0.717, 1.165) is 26.1 Å². The lowest BCUT2D eigenvalue weighted by Gasteiger charge is -2.15. The molecule has 14 heavy (non-hydrogen) atoms. The summed E-state index contributed by atoms with van der Waals surface area (Å²) < 4.78 is 10.1. The molecule has 0 aliphatic carbocycles. The molecule has 1 aliphatic rings. The normalized spacial score (nSPS) is 21.6. The van der Waals surface area contributed by atoms with Gasteiger partial charge in [-0.25, -0.2) is 0 Å². The lowest BCUT2D eigenvalue weighted by molar-refractivity contribution is -0.135. The largest absolute Gasteiger partial charge is 0.384 e. The van der Waals surface area contributed by atoms with Crippen LogP contribution in [0, 0.1) is 5.92 Å². The minimum absolute atomic E-state index is 0.102. The van der Waals surface area contributed by atoms with Gasteiger partial charge in [0.25, 0.3) is 0 Å². The van der Waals surface area contributed by atoms with Gasteiger partial charge in [-0.3, -0.25) is 4.79 Å². The Labute approximate surface area is 85.2 Å². The maximum Gasteiger partial charge on any atom is 0.248 e. The first-order chi connectivity index (χ1) is 6.77. The molecule has 1 rings (SSSR count). The van der Waals surface area contributed by atoms with Crippen molar-refractivity contribution >= 4 is 5.91 Å². The van der Waals surface area contributed by atoms with Crippen LogP contribution in [0.4, 0.5) is 0 Å². The average Bonchev–Trinajstić information content (AvgIpc) is 2.63. The molecule has 0 N–H and O–H groups in total. The third-order valence-electron chi connectivity index (χ3n) is 2.47. The number of hydrogen-bond acceptors (Lipinski definition) is 3. The van der Waals surface area contributed by atoms with E-state index in [1.807, 2.05) is 11.8 Å². The van der Waals surface area contributed by atoms with E-state index in [1.54, 1.807) is 7.11 Å². The summed E-state index contributed by atoms with van der Waals surface area (Å²) in [6, 6.07) is 0.